The van der Waals surface area contributed by atoms with Gasteiger partial charge in [-0.25, -0.2) is 0 Å². The topological polar surface area (TPSA) is 102 Å². The molecule has 7 aromatic rings. The van der Waals surface area contributed by atoms with Gasteiger partial charge in [0.05, 0.1) is 40.7 Å². The highest BCUT2D eigenvalue weighted by atomic mass is 16.5. The Hall–Kier alpha value is -5.75. The third-order valence-electron chi connectivity index (χ3n) is 18.8. The van der Waals surface area contributed by atoms with Crippen LogP contribution in [0.1, 0.15) is 114 Å². The predicted octanol–water partition coefficient (Wildman–Crippen LogP) is 11.8. The lowest BCUT2D eigenvalue weighted by molar-refractivity contribution is -0.0552. The van der Waals surface area contributed by atoms with E-state index in [9.17, 15) is 0 Å². The minimum absolute atomic E-state index is 0.135. The summed E-state index contributed by atoms with van der Waals surface area (Å²) in [5, 5.41) is 3.31. The molecule has 0 spiro atoms. The van der Waals surface area contributed by atoms with E-state index >= 15 is 0 Å². The minimum Gasteiger partial charge on any atom is -0.467 e. The zero-order valence-corrected chi connectivity index (χ0v) is 42.3. The van der Waals surface area contributed by atoms with Gasteiger partial charge in [0.15, 0.2) is 0 Å². The molecule has 0 N–H and O–H groups in total. The van der Waals surface area contributed by atoms with Gasteiger partial charge in [-0.05, 0) is 130 Å². The molecule has 4 aromatic heterocycles. The van der Waals surface area contributed by atoms with Crippen LogP contribution in [0, 0.1) is 35.5 Å². The summed E-state index contributed by atoms with van der Waals surface area (Å²) in [6.45, 7) is 13.5. The molecule has 9 aliphatic heterocycles. The summed E-state index contributed by atoms with van der Waals surface area (Å²) in [6, 6.07) is 34.6. The van der Waals surface area contributed by atoms with Gasteiger partial charge in [-0.1, -0.05) is 94.6 Å². The number of pyridine rings is 3. The zero-order valence-electron chi connectivity index (χ0n) is 42.3. The number of para-hydroxylation sites is 3. The SMILES string of the molecule is CC[C@@H]1CN2CCC1C[C@@H]2C(Oc1cc(O[C@@H](c2ccnc3ccccc23)[C@@H]2CC3CCN2C[C@@H]3CC)nc(OC(c2ccnc3ccccc23)[C@H]2CC3CCN2C[C@H]3CC)n1)c1ccnc2ccccc12. The number of hydrogen-bond acceptors (Lipinski definition) is 11. The van der Waals surface area contributed by atoms with E-state index in [0.29, 0.717) is 47.3 Å². The fourth-order valence-electron chi connectivity index (χ4n) is 14.9. The van der Waals surface area contributed by atoms with Gasteiger partial charge in [0.25, 0.3) is 0 Å². The van der Waals surface area contributed by atoms with E-state index in [1.54, 1.807) is 0 Å². The van der Waals surface area contributed by atoms with Crippen LogP contribution in [0.15, 0.2) is 116 Å². The Labute approximate surface area is 424 Å². The number of ether oxygens (including phenoxy) is 3. The third-order valence-corrected chi connectivity index (χ3v) is 18.8. The maximum Gasteiger partial charge on any atom is 0.323 e. The second-order valence-electron chi connectivity index (χ2n) is 22.2. The average Bonchev–Trinajstić information content (AvgIpc) is 3.45. The van der Waals surface area contributed by atoms with E-state index in [4.69, 9.17) is 39.1 Å². The van der Waals surface area contributed by atoms with Crippen LogP contribution >= 0.6 is 0 Å². The van der Waals surface area contributed by atoms with Gasteiger partial charge in [0, 0.05) is 71.1 Å². The monoisotopic (exact) mass is 963 g/mol. The van der Waals surface area contributed by atoms with Crippen LogP contribution in [0.4, 0.5) is 0 Å². The minimum atomic E-state index is -0.362. The first-order valence-electron chi connectivity index (χ1n) is 27.6. The van der Waals surface area contributed by atoms with Crippen LogP contribution < -0.4 is 14.2 Å². The highest BCUT2D eigenvalue weighted by Crippen LogP contribution is 2.48. The van der Waals surface area contributed by atoms with Crippen molar-refractivity contribution < 1.29 is 14.2 Å². The summed E-state index contributed by atoms with van der Waals surface area (Å²) in [7, 11) is 0. The van der Waals surface area contributed by atoms with Gasteiger partial charge < -0.3 is 14.2 Å². The summed E-state index contributed by atoms with van der Waals surface area (Å²) in [4.78, 5) is 33.3. The lowest BCUT2D eigenvalue weighted by Crippen LogP contribution is -2.56. The van der Waals surface area contributed by atoms with Gasteiger partial charge in [-0.15, -0.1) is 0 Å². The van der Waals surface area contributed by atoms with Crippen LogP contribution in [0.3, 0.4) is 0 Å². The third kappa shape index (κ3) is 8.47. The molecule has 0 amide bonds. The Kier molecular flexibility index (Phi) is 12.5. The predicted molar refractivity (Wildman–Crippen MR) is 283 cm³/mol. The molecule has 11 heteroatoms. The van der Waals surface area contributed by atoms with Gasteiger partial charge in [-0.3, -0.25) is 29.7 Å². The lowest BCUT2D eigenvalue weighted by Gasteiger charge is -2.52. The standard InChI is InChI=1S/C61H70N8O3/c1-4-38-35-67-28-22-41(38)31-53(67)58(47-19-25-62-50-16-10-7-13-44(47)50)70-56-34-57(71-59(48-20-26-63-51-17-11-8-14-45(48)51)54-32-42-23-29-68(54)36-39(42)5-2)66-61(65-56)72-60(49-21-27-64-52-18-12-9-15-46(49)52)55-33-43-24-30-69(55)37-40(43)6-3/h7-21,25-27,34,38-43,53-55,58-60H,4-6,22-24,28-33,35-37H2,1-3H3/t38-,39+,40-,41?,42?,43?,53-,54+,55-,58?,59+,60?/m1/s1. The molecule has 8 unspecified atom stereocenters. The molecule has 0 aliphatic carbocycles. The van der Waals surface area contributed by atoms with Crippen LogP contribution in [-0.2, 0) is 0 Å². The number of nitrogens with zero attached hydrogens (tertiary/aromatic N) is 8. The number of piperidine rings is 9. The van der Waals surface area contributed by atoms with E-state index < -0.39 is 0 Å². The molecule has 372 valence electrons. The van der Waals surface area contributed by atoms with Crippen LogP contribution in [0.25, 0.3) is 32.7 Å². The first kappa shape index (κ1) is 46.1. The molecule has 9 fully saturated rings. The van der Waals surface area contributed by atoms with E-state index in [1.807, 2.05) is 24.7 Å². The van der Waals surface area contributed by atoms with E-state index in [1.165, 1.54) is 38.5 Å². The molecule has 15 atom stereocenters. The van der Waals surface area contributed by atoms with E-state index in [-0.39, 0.29) is 42.4 Å². The molecule has 9 saturated heterocycles. The summed E-state index contributed by atoms with van der Waals surface area (Å²) < 4.78 is 22.7. The largest absolute Gasteiger partial charge is 0.467 e. The zero-order chi connectivity index (χ0) is 48.3. The van der Waals surface area contributed by atoms with Crippen LogP contribution in [0.5, 0.6) is 17.8 Å². The molecular weight excluding hydrogens is 893 g/mol. The fraction of sp³-hybridized carbons (Fsp3) is 0.492. The number of aromatic nitrogens is 5. The van der Waals surface area contributed by atoms with Crippen molar-refractivity contribution >= 4 is 32.7 Å². The quantitative estimate of drug-likeness (QED) is 0.0981. The Morgan fingerprint density at radius 2 is 0.806 bits per heavy atom. The first-order valence-corrected chi connectivity index (χ1v) is 27.6. The Bertz CT molecular complexity index is 2710. The average molecular weight is 963 g/mol. The Morgan fingerprint density at radius 3 is 1.14 bits per heavy atom. The molecule has 16 rings (SSSR count). The van der Waals surface area contributed by atoms with Gasteiger partial charge in [0.1, 0.15) is 18.3 Å². The Balaban J connectivity index is 0.958. The maximum atomic E-state index is 7.59. The van der Waals surface area contributed by atoms with Crippen molar-refractivity contribution in [1.29, 1.82) is 0 Å². The van der Waals surface area contributed by atoms with Crippen molar-refractivity contribution in [1.82, 2.24) is 39.6 Å². The Morgan fingerprint density at radius 1 is 0.458 bits per heavy atom. The smallest absolute Gasteiger partial charge is 0.323 e. The van der Waals surface area contributed by atoms with Crippen LogP contribution in [0.2, 0.25) is 0 Å². The summed E-state index contributed by atoms with van der Waals surface area (Å²) >= 11 is 0. The molecule has 6 bridgehead atoms. The van der Waals surface area contributed by atoms with E-state index in [0.717, 1.165) is 108 Å². The molecule has 13 heterocycles. The van der Waals surface area contributed by atoms with Crippen molar-refractivity contribution in [3.8, 4) is 17.8 Å². The molecule has 3 aromatic carbocycles. The van der Waals surface area contributed by atoms with Crippen LogP contribution in [-0.4, -0.2) is 97.0 Å². The van der Waals surface area contributed by atoms with E-state index in [2.05, 4.69) is 126 Å². The number of rotatable bonds is 15. The first-order chi connectivity index (χ1) is 35.5. The number of fused-ring (bicyclic) bond motifs is 12. The second kappa shape index (κ2) is 19.6. The molecule has 9 aliphatic rings. The van der Waals surface area contributed by atoms with Crippen molar-refractivity contribution in [2.45, 2.75) is 115 Å². The van der Waals surface area contributed by atoms with Crippen molar-refractivity contribution in [3.05, 3.63) is 132 Å². The van der Waals surface area contributed by atoms with Gasteiger partial charge in [-0.2, -0.15) is 9.97 Å². The second-order valence-corrected chi connectivity index (χ2v) is 22.2. The lowest BCUT2D eigenvalue weighted by atomic mass is 9.72. The number of benzene rings is 3. The highest BCUT2D eigenvalue weighted by molar-refractivity contribution is 5.84. The molecular formula is C61H70N8O3. The number of hydrogen-bond donors (Lipinski definition) is 0. The van der Waals surface area contributed by atoms with Gasteiger partial charge >= 0.3 is 6.01 Å². The van der Waals surface area contributed by atoms with Gasteiger partial charge in [0.2, 0.25) is 11.8 Å². The molecule has 0 saturated carbocycles. The van der Waals surface area contributed by atoms with Crippen molar-refractivity contribution in [3.63, 3.8) is 0 Å². The molecule has 0 radical (unpaired) electrons. The maximum absolute atomic E-state index is 7.59. The summed E-state index contributed by atoms with van der Waals surface area (Å²) in [5.74, 6) is 4.96. The fourth-order valence-corrected chi connectivity index (χ4v) is 14.9. The van der Waals surface area contributed by atoms with Crippen molar-refractivity contribution in [2.24, 2.45) is 35.5 Å². The highest BCUT2D eigenvalue weighted by Gasteiger charge is 2.48. The summed E-state index contributed by atoms with van der Waals surface area (Å²) in [5.41, 5.74) is 6.25. The molecule has 72 heavy (non-hydrogen) atoms. The van der Waals surface area contributed by atoms with Crippen molar-refractivity contribution in [2.75, 3.05) is 39.3 Å². The molecule has 11 nitrogen and oxygen atoms in total. The normalized spacial score (nSPS) is 30.9. The summed E-state index contributed by atoms with van der Waals surface area (Å²) in [6.07, 6.45) is 15.3.